The number of sulfonamides is 1. The second-order valence-corrected chi connectivity index (χ2v) is 6.69. The molecule has 118 valence electrons. The summed E-state index contributed by atoms with van der Waals surface area (Å²) < 4.78 is 26.3. The van der Waals surface area contributed by atoms with Gasteiger partial charge in [-0.3, -0.25) is 10.1 Å². The van der Waals surface area contributed by atoms with Crippen molar-refractivity contribution in [2.45, 2.75) is 11.3 Å². The molecule has 1 N–H and O–H groups in total. The van der Waals surface area contributed by atoms with Gasteiger partial charge in [-0.1, -0.05) is 11.6 Å². The van der Waals surface area contributed by atoms with E-state index in [1.807, 2.05) is 0 Å². The van der Waals surface area contributed by atoms with Gasteiger partial charge in [-0.25, -0.2) is 8.42 Å². The summed E-state index contributed by atoms with van der Waals surface area (Å²) in [5.74, 6) is 0. The molecule has 1 saturated heterocycles. The van der Waals surface area contributed by atoms with Crippen molar-refractivity contribution in [3.8, 4) is 0 Å². The minimum absolute atomic E-state index is 0. The van der Waals surface area contributed by atoms with Crippen molar-refractivity contribution in [2.24, 2.45) is 0 Å². The average Bonchev–Trinajstić information content (AvgIpc) is 2.67. The number of halogens is 2. The summed E-state index contributed by atoms with van der Waals surface area (Å²) in [6.07, 6.45) is 0.712. The van der Waals surface area contributed by atoms with Gasteiger partial charge in [0.1, 0.15) is 4.90 Å². The Balaban J connectivity index is 0.00000220. The Morgan fingerprint density at radius 3 is 2.62 bits per heavy atom. The van der Waals surface area contributed by atoms with Gasteiger partial charge in [0.15, 0.2) is 0 Å². The summed E-state index contributed by atoms with van der Waals surface area (Å²) in [4.78, 5) is 9.94. The van der Waals surface area contributed by atoms with E-state index in [0.717, 1.165) is 18.7 Å². The molecular formula is C11H15Cl2N3O4S. The Kier molecular flexibility index (Phi) is 6.36. The van der Waals surface area contributed by atoms with Crippen molar-refractivity contribution < 1.29 is 13.3 Å². The molecule has 21 heavy (non-hydrogen) atoms. The molecule has 1 aromatic carbocycles. The fraction of sp³-hybridized carbons (Fsp3) is 0.455. The Morgan fingerprint density at radius 1 is 1.29 bits per heavy atom. The van der Waals surface area contributed by atoms with Crippen molar-refractivity contribution in [1.29, 1.82) is 0 Å². The Hall–Kier alpha value is -0.930. The maximum Gasteiger partial charge on any atom is 0.271 e. The Bertz CT molecular complexity index is 616. The van der Waals surface area contributed by atoms with Crippen LogP contribution in [0.3, 0.4) is 0 Å². The van der Waals surface area contributed by atoms with Gasteiger partial charge in [0.05, 0.1) is 9.95 Å². The topological polar surface area (TPSA) is 92.5 Å². The van der Waals surface area contributed by atoms with Crippen LogP contribution in [-0.4, -0.2) is 43.8 Å². The van der Waals surface area contributed by atoms with Gasteiger partial charge in [-0.2, -0.15) is 4.31 Å². The molecule has 0 aliphatic carbocycles. The van der Waals surface area contributed by atoms with E-state index < -0.39 is 14.9 Å². The maximum absolute atomic E-state index is 12.5. The van der Waals surface area contributed by atoms with Crippen LogP contribution in [0.2, 0.25) is 5.02 Å². The lowest BCUT2D eigenvalue weighted by molar-refractivity contribution is -0.384. The molecule has 0 atom stereocenters. The van der Waals surface area contributed by atoms with E-state index in [9.17, 15) is 18.5 Å². The molecule has 1 aromatic rings. The zero-order valence-electron chi connectivity index (χ0n) is 11.0. The van der Waals surface area contributed by atoms with Gasteiger partial charge in [0.2, 0.25) is 10.0 Å². The van der Waals surface area contributed by atoms with Crippen LogP contribution >= 0.6 is 24.0 Å². The summed E-state index contributed by atoms with van der Waals surface area (Å²) in [5, 5.41) is 13.6. The summed E-state index contributed by atoms with van der Waals surface area (Å²) >= 11 is 5.89. The number of nitro groups is 1. The lowest BCUT2D eigenvalue weighted by atomic mass is 10.3. The highest BCUT2D eigenvalue weighted by molar-refractivity contribution is 7.89. The van der Waals surface area contributed by atoms with Gasteiger partial charge < -0.3 is 5.32 Å². The fourth-order valence-electron chi connectivity index (χ4n) is 2.01. The van der Waals surface area contributed by atoms with Crippen LogP contribution in [0.4, 0.5) is 5.69 Å². The maximum atomic E-state index is 12.5. The normalized spacial score (nSPS) is 16.8. The van der Waals surface area contributed by atoms with Crippen LogP contribution in [0.25, 0.3) is 0 Å². The van der Waals surface area contributed by atoms with Gasteiger partial charge in [-0.05, 0) is 19.0 Å². The van der Waals surface area contributed by atoms with Crippen molar-refractivity contribution in [1.82, 2.24) is 9.62 Å². The number of non-ortho nitro benzene ring substituents is 1. The first kappa shape index (κ1) is 18.1. The number of benzene rings is 1. The first-order valence-electron chi connectivity index (χ1n) is 6.08. The minimum atomic E-state index is -3.72. The molecule has 0 spiro atoms. The molecule has 10 heteroatoms. The molecule has 0 saturated carbocycles. The van der Waals surface area contributed by atoms with E-state index in [-0.39, 0.29) is 28.0 Å². The van der Waals surface area contributed by atoms with E-state index >= 15 is 0 Å². The van der Waals surface area contributed by atoms with Crippen molar-refractivity contribution in [2.75, 3.05) is 26.2 Å². The molecule has 1 heterocycles. The monoisotopic (exact) mass is 355 g/mol. The zero-order chi connectivity index (χ0) is 14.8. The van der Waals surface area contributed by atoms with Crippen LogP contribution in [0, 0.1) is 10.1 Å². The zero-order valence-corrected chi connectivity index (χ0v) is 13.4. The van der Waals surface area contributed by atoms with Crippen molar-refractivity contribution >= 4 is 39.7 Å². The molecule has 0 unspecified atom stereocenters. The van der Waals surface area contributed by atoms with Crippen LogP contribution in [0.15, 0.2) is 23.1 Å². The summed E-state index contributed by atoms with van der Waals surface area (Å²) in [7, 11) is -3.72. The quantitative estimate of drug-likeness (QED) is 0.657. The second-order valence-electron chi connectivity index (χ2n) is 4.38. The first-order valence-corrected chi connectivity index (χ1v) is 7.89. The summed E-state index contributed by atoms with van der Waals surface area (Å²) in [5.41, 5.74) is -0.230. The highest BCUT2D eigenvalue weighted by atomic mass is 35.5. The standard InChI is InChI=1S/C11H14ClN3O4S.ClH/c12-10-8-9(15(16)17)2-3-11(10)20(18,19)14-6-1-4-13-5-7-14;/h2-3,8,13H,1,4-7H2;1H. The second kappa shape index (κ2) is 7.37. The highest BCUT2D eigenvalue weighted by Gasteiger charge is 2.28. The van der Waals surface area contributed by atoms with E-state index in [4.69, 9.17) is 11.6 Å². The molecule has 0 radical (unpaired) electrons. The third kappa shape index (κ3) is 4.04. The third-order valence-corrected chi connectivity index (χ3v) is 5.42. The molecule has 1 fully saturated rings. The lowest BCUT2D eigenvalue weighted by Gasteiger charge is -2.20. The molecular weight excluding hydrogens is 341 g/mol. The van der Waals surface area contributed by atoms with Gasteiger partial charge >= 0.3 is 0 Å². The highest BCUT2D eigenvalue weighted by Crippen LogP contribution is 2.28. The third-order valence-electron chi connectivity index (χ3n) is 3.04. The largest absolute Gasteiger partial charge is 0.315 e. The predicted molar refractivity (Wildman–Crippen MR) is 81.6 cm³/mol. The smallest absolute Gasteiger partial charge is 0.271 e. The first-order chi connectivity index (χ1) is 9.43. The fourth-order valence-corrected chi connectivity index (χ4v) is 4.00. The van der Waals surface area contributed by atoms with Crippen LogP contribution in [0.1, 0.15) is 6.42 Å². The lowest BCUT2D eigenvalue weighted by Crippen LogP contribution is -2.34. The SMILES string of the molecule is Cl.O=[N+]([O-])c1ccc(S(=O)(=O)N2CCCNCC2)c(Cl)c1. The summed E-state index contributed by atoms with van der Waals surface area (Å²) in [6, 6.07) is 3.40. The number of nitrogens with one attached hydrogen (secondary N) is 1. The van der Waals surface area contributed by atoms with E-state index in [0.29, 0.717) is 26.1 Å². The van der Waals surface area contributed by atoms with E-state index in [1.165, 1.54) is 10.4 Å². The summed E-state index contributed by atoms with van der Waals surface area (Å²) in [6.45, 7) is 2.10. The molecule has 1 aliphatic rings. The molecule has 7 nitrogen and oxygen atoms in total. The number of hydrogen-bond acceptors (Lipinski definition) is 5. The van der Waals surface area contributed by atoms with Gasteiger partial charge in [0, 0.05) is 31.8 Å². The van der Waals surface area contributed by atoms with Crippen molar-refractivity contribution in [3.05, 3.63) is 33.3 Å². The number of nitrogens with zero attached hydrogens (tertiary/aromatic N) is 2. The molecule has 0 amide bonds. The van der Waals surface area contributed by atoms with Gasteiger partial charge in [-0.15, -0.1) is 12.4 Å². The molecule has 0 aromatic heterocycles. The van der Waals surface area contributed by atoms with Crippen LogP contribution in [0.5, 0.6) is 0 Å². The molecule has 1 aliphatic heterocycles. The van der Waals surface area contributed by atoms with Crippen molar-refractivity contribution in [3.63, 3.8) is 0 Å². The number of nitro benzene ring substituents is 1. The molecule has 0 bridgehead atoms. The number of hydrogen-bond donors (Lipinski definition) is 1. The Labute approximate surface area is 133 Å². The molecule has 2 rings (SSSR count). The predicted octanol–water partition coefficient (Wildman–Crippen LogP) is 1.65. The Morgan fingerprint density at radius 2 is 2.00 bits per heavy atom. The number of rotatable bonds is 3. The van der Waals surface area contributed by atoms with Crippen LogP contribution in [-0.2, 0) is 10.0 Å². The van der Waals surface area contributed by atoms with E-state index in [1.54, 1.807) is 0 Å². The van der Waals surface area contributed by atoms with Crippen LogP contribution < -0.4 is 5.32 Å². The minimum Gasteiger partial charge on any atom is -0.315 e. The average molecular weight is 356 g/mol. The van der Waals surface area contributed by atoms with Gasteiger partial charge in [0.25, 0.3) is 5.69 Å². The van der Waals surface area contributed by atoms with E-state index in [2.05, 4.69) is 5.32 Å².